The molecule has 0 bridgehead atoms. The van der Waals surface area contributed by atoms with Gasteiger partial charge >= 0.3 is 5.97 Å². The minimum absolute atomic E-state index is 0.00579. The maximum Gasteiger partial charge on any atom is 0.308 e. The van der Waals surface area contributed by atoms with Crippen LogP contribution in [0.4, 0.5) is 0 Å². The van der Waals surface area contributed by atoms with E-state index >= 15 is 0 Å². The van der Waals surface area contributed by atoms with Gasteiger partial charge in [-0.25, -0.2) is 0 Å². The van der Waals surface area contributed by atoms with Gasteiger partial charge < -0.3 is 15.7 Å². The molecule has 0 radical (unpaired) electrons. The van der Waals surface area contributed by atoms with Crippen LogP contribution in [-0.4, -0.2) is 36.6 Å². The molecule has 1 aliphatic heterocycles. The third kappa shape index (κ3) is 3.93. The van der Waals surface area contributed by atoms with Gasteiger partial charge in [-0.3, -0.25) is 9.59 Å². The topological polar surface area (TPSA) is 78.4 Å². The fourth-order valence-corrected chi connectivity index (χ4v) is 2.74. The predicted octanol–water partition coefficient (Wildman–Crippen LogP) is 1.24. The van der Waals surface area contributed by atoms with Crippen molar-refractivity contribution in [3.05, 3.63) is 0 Å². The van der Waals surface area contributed by atoms with E-state index in [0.717, 1.165) is 25.8 Å². The van der Waals surface area contributed by atoms with Crippen LogP contribution in [0, 0.1) is 17.3 Å². The lowest BCUT2D eigenvalue weighted by Crippen LogP contribution is -2.45. The number of amides is 1. The van der Waals surface area contributed by atoms with Crippen LogP contribution >= 0.6 is 0 Å². The first-order valence-corrected chi connectivity index (χ1v) is 7.15. The highest BCUT2D eigenvalue weighted by Crippen LogP contribution is 2.31. The van der Waals surface area contributed by atoms with Crippen molar-refractivity contribution in [3.63, 3.8) is 0 Å². The number of rotatable bonds is 7. The summed E-state index contributed by atoms with van der Waals surface area (Å²) in [7, 11) is 0. The zero-order valence-electron chi connectivity index (χ0n) is 12.2. The molecule has 1 amide bonds. The average Bonchev–Trinajstić information content (AvgIpc) is 2.78. The van der Waals surface area contributed by atoms with Crippen LogP contribution in [0.2, 0.25) is 0 Å². The maximum atomic E-state index is 12.4. The summed E-state index contributed by atoms with van der Waals surface area (Å²) >= 11 is 0. The largest absolute Gasteiger partial charge is 0.481 e. The number of nitrogens with one attached hydrogen (secondary N) is 2. The fraction of sp³-hybridized carbons (Fsp3) is 0.857. The first kappa shape index (κ1) is 16.0. The van der Waals surface area contributed by atoms with Crippen molar-refractivity contribution < 1.29 is 14.7 Å². The number of carboxylic acids is 1. The van der Waals surface area contributed by atoms with Gasteiger partial charge in [0.2, 0.25) is 5.91 Å². The summed E-state index contributed by atoms with van der Waals surface area (Å²) < 4.78 is 0. The molecule has 110 valence electrons. The van der Waals surface area contributed by atoms with Crippen LogP contribution in [0.3, 0.4) is 0 Å². The van der Waals surface area contributed by atoms with E-state index in [1.165, 1.54) is 0 Å². The summed E-state index contributed by atoms with van der Waals surface area (Å²) in [6, 6.07) is 0. The molecule has 1 heterocycles. The Morgan fingerprint density at radius 2 is 2.11 bits per heavy atom. The van der Waals surface area contributed by atoms with Crippen molar-refractivity contribution in [2.24, 2.45) is 17.3 Å². The van der Waals surface area contributed by atoms with Gasteiger partial charge in [-0.1, -0.05) is 27.2 Å². The van der Waals surface area contributed by atoms with E-state index in [2.05, 4.69) is 17.6 Å². The van der Waals surface area contributed by atoms with Crippen LogP contribution < -0.4 is 10.6 Å². The monoisotopic (exact) mass is 270 g/mol. The van der Waals surface area contributed by atoms with Crippen molar-refractivity contribution in [2.75, 3.05) is 19.6 Å². The molecule has 2 unspecified atom stereocenters. The second-order valence-corrected chi connectivity index (χ2v) is 5.86. The van der Waals surface area contributed by atoms with Gasteiger partial charge in [0.25, 0.3) is 0 Å². The Bertz CT molecular complexity index is 323. The molecule has 1 aliphatic rings. The lowest BCUT2D eigenvalue weighted by atomic mass is 9.81. The summed E-state index contributed by atoms with van der Waals surface area (Å²) in [5.41, 5.74) is -0.339. The molecule has 0 aliphatic carbocycles. The first-order chi connectivity index (χ1) is 8.93. The number of aliphatic carboxylic acids is 1. The standard InChI is InChI=1S/C14H26N2O3/c1-4-5-14(6-7-15-9-14)13(19)16-8-11(10(2)3)12(17)18/h10-11,15H,4-9H2,1-3H3,(H,16,19)(H,17,18). The van der Waals surface area contributed by atoms with Gasteiger partial charge in [0.05, 0.1) is 11.3 Å². The Kier molecular flexibility index (Phi) is 5.79. The predicted molar refractivity (Wildman–Crippen MR) is 73.8 cm³/mol. The molecule has 5 heteroatoms. The SMILES string of the molecule is CCCC1(C(=O)NCC(C(=O)O)C(C)C)CCNC1. The zero-order valence-corrected chi connectivity index (χ0v) is 12.2. The van der Waals surface area contributed by atoms with Gasteiger partial charge in [0, 0.05) is 13.1 Å². The van der Waals surface area contributed by atoms with Gasteiger partial charge in [0.1, 0.15) is 0 Å². The zero-order chi connectivity index (χ0) is 14.5. The van der Waals surface area contributed by atoms with Gasteiger partial charge in [-0.2, -0.15) is 0 Å². The van der Waals surface area contributed by atoms with Crippen molar-refractivity contribution in [3.8, 4) is 0 Å². The summed E-state index contributed by atoms with van der Waals surface area (Å²) in [5, 5.41) is 15.2. The molecule has 0 aromatic heterocycles. The molecule has 0 spiro atoms. The lowest BCUT2D eigenvalue weighted by molar-refractivity contribution is -0.143. The summed E-state index contributed by atoms with van der Waals surface area (Å²) in [6.45, 7) is 7.58. The molecule has 2 atom stereocenters. The number of carbonyl (C=O) groups is 2. The Balaban J connectivity index is 2.60. The maximum absolute atomic E-state index is 12.4. The van der Waals surface area contributed by atoms with Crippen LogP contribution in [-0.2, 0) is 9.59 Å². The van der Waals surface area contributed by atoms with E-state index in [1.807, 2.05) is 13.8 Å². The third-order valence-electron chi connectivity index (χ3n) is 4.06. The average molecular weight is 270 g/mol. The fourth-order valence-electron chi connectivity index (χ4n) is 2.74. The van der Waals surface area contributed by atoms with E-state index in [0.29, 0.717) is 6.54 Å². The molecule has 5 nitrogen and oxygen atoms in total. The molecule has 0 aromatic rings. The van der Waals surface area contributed by atoms with Gasteiger partial charge in [0.15, 0.2) is 0 Å². The molecule has 1 rings (SSSR count). The second kappa shape index (κ2) is 6.89. The number of hydrogen-bond acceptors (Lipinski definition) is 3. The van der Waals surface area contributed by atoms with Crippen molar-refractivity contribution >= 4 is 11.9 Å². The molecule has 0 aromatic carbocycles. The lowest BCUT2D eigenvalue weighted by Gasteiger charge is -2.27. The highest BCUT2D eigenvalue weighted by Gasteiger charge is 2.40. The second-order valence-electron chi connectivity index (χ2n) is 5.86. The van der Waals surface area contributed by atoms with E-state index in [4.69, 9.17) is 5.11 Å². The summed E-state index contributed by atoms with van der Waals surface area (Å²) in [5.74, 6) is -1.34. The van der Waals surface area contributed by atoms with Crippen LogP contribution in [0.15, 0.2) is 0 Å². The van der Waals surface area contributed by atoms with E-state index < -0.39 is 11.9 Å². The minimum atomic E-state index is -0.843. The molecule has 3 N–H and O–H groups in total. The minimum Gasteiger partial charge on any atom is -0.481 e. The summed E-state index contributed by atoms with van der Waals surface area (Å²) in [6.07, 6.45) is 2.65. The number of carboxylic acid groups (broad SMARTS) is 1. The molecular formula is C14H26N2O3. The van der Waals surface area contributed by atoms with Crippen molar-refractivity contribution in [1.29, 1.82) is 0 Å². The highest BCUT2D eigenvalue weighted by molar-refractivity contribution is 5.84. The smallest absolute Gasteiger partial charge is 0.308 e. The van der Waals surface area contributed by atoms with Crippen LogP contribution in [0.25, 0.3) is 0 Å². The summed E-state index contributed by atoms with van der Waals surface area (Å²) in [4.78, 5) is 23.5. The molecule has 1 fully saturated rings. The third-order valence-corrected chi connectivity index (χ3v) is 4.06. The van der Waals surface area contributed by atoms with Gasteiger partial charge in [-0.05, 0) is 25.3 Å². The Labute approximate surface area is 115 Å². The molecular weight excluding hydrogens is 244 g/mol. The number of carbonyl (C=O) groups excluding carboxylic acids is 1. The highest BCUT2D eigenvalue weighted by atomic mass is 16.4. The first-order valence-electron chi connectivity index (χ1n) is 7.15. The Morgan fingerprint density at radius 3 is 2.53 bits per heavy atom. The van der Waals surface area contributed by atoms with E-state index in [-0.39, 0.29) is 23.8 Å². The number of hydrogen-bond donors (Lipinski definition) is 3. The molecule has 0 saturated carbocycles. The van der Waals surface area contributed by atoms with Gasteiger partial charge in [-0.15, -0.1) is 0 Å². The quantitative estimate of drug-likeness (QED) is 0.650. The Hall–Kier alpha value is -1.10. The molecule has 19 heavy (non-hydrogen) atoms. The normalized spacial score (nSPS) is 24.4. The van der Waals surface area contributed by atoms with E-state index in [9.17, 15) is 9.59 Å². The van der Waals surface area contributed by atoms with Crippen molar-refractivity contribution in [1.82, 2.24) is 10.6 Å². The Morgan fingerprint density at radius 1 is 1.42 bits per heavy atom. The van der Waals surface area contributed by atoms with Crippen LogP contribution in [0.1, 0.15) is 40.0 Å². The van der Waals surface area contributed by atoms with Crippen LogP contribution in [0.5, 0.6) is 0 Å². The molecule has 1 saturated heterocycles. The van der Waals surface area contributed by atoms with Crippen molar-refractivity contribution in [2.45, 2.75) is 40.0 Å². The van der Waals surface area contributed by atoms with E-state index in [1.54, 1.807) is 0 Å².